The first-order valence-corrected chi connectivity index (χ1v) is 7.62. The van der Waals surface area contributed by atoms with E-state index in [1.807, 2.05) is 61.5 Å². The Labute approximate surface area is 135 Å². The van der Waals surface area contributed by atoms with Crippen molar-refractivity contribution in [2.45, 2.75) is 19.4 Å². The number of carbonyl (C=O) groups is 1. The minimum absolute atomic E-state index is 0.148. The molecule has 4 nitrogen and oxygen atoms in total. The second kappa shape index (κ2) is 5.89. The fourth-order valence-electron chi connectivity index (χ4n) is 2.81. The van der Waals surface area contributed by atoms with Crippen LogP contribution in [0.25, 0.3) is 10.9 Å². The highest BCUT2D eigenvalue weighted by Crippen LogP contribution is 2.23. The van der Waals surface area contributed by atoms with E-state index in [2.05, 4.69) is 10.3 Å². The van der Waals surface area contributed by atoms with E-state index in [9.17, 15) is 9.90 Å². The van der Waals surface area contributed by atoms with Crippen LogP contribution < -0.4 is 5.32 Å². The number of aryl methyl sites for hydroxylation is 1. The molecule has 0 aliphatic carbocycles. The monoisotopic (exact) mass is 308 g/mol. The Hall–Kier alpha value is -2.59. The first-order chi connectivity index (χ1) is 11.0. The summed E-state index contributed by atoms with van der Waals surface area (Å²) in [4.78, 5) is 15.8. The zero-order valence-electron chi connectivity index (χ0n) is 13.3. The molecule has 118 valence electrons. The number of hydrogen-bond donors (Lipinski definition) is 3. The Morgan fingerprint density at radius 2 is 1.78 bits per heavy atom. The van der Waals surface area contributed by atoms with Gasteiger partial charge < -0.3 is 15.4 Å². The van der Waals surface area contributed by atoms with E-state index in [4.69, 9.17) is 0 Å². The number of aliphatic hydroxyl groups is 1. The van der Waals surface area contributed by atoms with Crippen LogP contribution in [0.3, 0.4) is 0 Å². The van der Waals surface area contributed by atoms with Crippen LogP contribution in [-0.2, 0) is 5.60 Å². The summed E-state index contributed by atoms with van der Waals surface area (Å²) in [5, 5.41) is 14.3. The number of benzene rings is 2. The molecule has 3 N–H and O–H groups in total. The van der Waals surface area contributed by atoms with Gasteiger partial charge in [0.15, 0.2) is 0 Å². The van der Waals surface area contributed by atoms with Crippen molar-refractivity contribution in [2.24, 2.45) is 0 Å². The van der Waals surface area contributed by atoms with Gasteiger partial charge in [0.25, 0.3) is 5.91 Å². The van der Waals surface area contributed by atoms with E-state index < -0.39 is 5.60 Å². The summed E-state index contributed by atoms with van der Waals surface area (Å²) >= 11 is 0. The van der Waals surface area contributed by atoms with E-state index in [0.717, 1.165) is 22.2 Å². The van der Waals surface area contributed by atoms with Gasteiger partial charge in [0.2, 0.25) is 0 Å². The standard InChI is InChI=1S/C19H20N2O2/c1-13-17(15-10-6-7-11-16(15)21-13)18(22)20-12-19(2,23)14-8-4-3-5-9-14/h3-11,21,23H,12H2,1-2H3,(H,20,22). The molecule has 1 heterocycles. The number of amides is 1. The van der Waals surface area contributed by atoms with Crippen LogP contribution in [0.2, 0.25) is 0 Å². The molecule has 0 bridgehead atoms. The van der Waals surface area contributed by atoms with Crippen LogP contribution in [0.5, 0.6) is 0 Å². The molecule has 1 unspecified atom stereocenters. The summed E-state index contributed by atoms with van der Waals surface area (Å²) in [6.45, 7) is 3.73. The second-order valence-electron chi connectivity index (χ2n) is 5.99. The maximum absolute atomic E-state index is 12.6. The summed E-state index contributed by atoms with van der Waals surface area (Å²) in [7, 11) is 0. The average Bonchev–Trinajstić information content (AvgIpc) is 2.89. The average molecular weight is 308 g/mol. The molecule has 1 atom stereocenters. The van der Waals surface area contributed by atoms with Crippen LogP contribution in [-0.4, -0.2) is 22.5 Å². The highest BCUT2D eigenvalue weighted by atomic mass is 16.3. The molecule has 0 spiro atoms. The summed E-state index contributed by atoms with van der Waals surface area (Å²) in [5.74, 6) is -0.184. The topological polar surface area (TPSA) is 65.1 Å². The highest BCUT2D eigenvalue weighted by molar-refractivity contribution is 6.08. The Balaban J connectivity index is 1.80. The fraction of sp³-hybridized carbons (Fsp3) is 0.211. The van der Waals surface area contributed by atoms with Crippen molar-refractivity contribution >= 4 is 16.8 Å². The summed E-state index contributed by atoms with van der Waals surface area (Å²) in [6, 6.07) is 17.0. The van der Waals surface area contributed by atoms with Crippen molar-refractivity contribution in [2.75, 3.05) is 6.54 Å². The number of carbonyl (C=O) groups excluding carboxylic acids is 1. The first-order valence-electron chi connectivity index (χ1n) is 7.62. The van der Waals surface area contributed by atoms with Crippen LogP contribution in [0.1, 0.15) is 28.5 Å². The quantitative estimate of drug-likeness (QED) is 0.693. The summed E-state index contributed by atoms with van der Waals surface area (Å²) in [5.41, 5.74) is 2.05. The second-order valence-corrected chi connectivity index (χ2v) is 5.99. The van der Waals surface area contributed by atoms with E-state index in [1.165, 1.54) is 0 Å². The van der Waals surface area contributed by atoms with Gasteiger partial charge in [-0.15, -0.1) is 0 Å². The van der Waals surface area contributed by atoms with E-state index in [1.54, 1.807) is 6.92 Å². The number of para-hydroxylation sites is 1. The molecule has 3 aromatic rings. The van der Waals surface area contributed by atoms with Crippen LogP contribution in [0, 0.1) is 6.92 Å². The van der Waals surface area contributed by atoms with Crippen molar-refractivity contribution in [3.05, 3.63) is 71.4 Å². The van der Waals surface area contributed by atoms with Crippen LogP contribution >= 0.6 is 0 Å². The molecule has 23 heavy (non-hydrogen) atoms. The van der Waals surface area contributed by atoms with Crippen LogP contribution in [0.4, 0.5) is 0 Å². The largest absolute Gasteiger partial charge is 0.384 e. The van der Waals surface area contributed by atoms with Gasteiger partial charge >= 0.3 is 0 Å². The molecule has 0 saturated heterocycles. The lowest BCUT2D eigenvalue weighted by Crippen LogP contribution is -2.38. The molecule has 3 rings (SSSR count). The van der Waals surface area contributed by atoms with Crippen LogP contribution in [0.15, 0.2) is 54.6 Å². The normalized spacial score (nSPS) is 13.7. The predicted molar refractivity (Wildman–Crippen MR) is 91.4 cm³/mol. The van der Waals surface area contributed by atoms with E-state index in [0.29, 0.717) is 5.56 Å². The van der Waals surface area contributed by atoms with E-state index in [-0.39, 0.29) is 12.5 Å². The van der Waals surface area contributed by atoms with E-state index >= 15 is 0 Å². The summed E-state index contributed by atoms with van der Waals surface area (Å²) in [6.07, 6.45) is 0. The Bertz CT molecular complexity index is 835. The smallest absolute Gasteiger partial charge is 0.253 e. The minimum atomic E-state index is -1.11. The first kappa shape index (κ1) is 15.3. The maximum atomic E-state index is 12.6. The highest BCUT2D eigenvalue weighted by Gasteiger charge is 2.25. The van der Waals surface area contributed by atoms with Gasteiger partial charge in [-0.2, -0.15) is 0 Å². The van der Waals surface area contributed by atoms with Crippen molar-refractivity contribution in [3.63, 3.8) is 0 Å². The molecule has 4 heteroatoms. The Morgan fingerprint density at radius 1 is 1.13 bits per heavy atom. The van der Waals surface area contributed by atoms with Gasteiger partial charge in [-0.1, -0.05) is 48.5 Å². The zero-order chi connectivity index (χ0) is 16.4. The van der Waals surface area contributed by atoms with Gasteiger partial charge in [0, 0.05) is 16.6 Å². The number of fused-ring (bicyclic) bond motifs is 1. The van der Waals surface area contributed by atoms with Gasteiger partial charge in [0.05, 0.1) is 12.1 Å². The minimum Gasteiger partial charge on any atom is -0.384 e. The third-order valence-corrected chi connectivity index (χ3v) is 4.11. The maximum Gasteiger partial charge on any atom is 0.253 e. The number of nitrogens with one attached hydrogen (secondary N) is 2. The molecular formula is C19H20N2O2. The number of hydrogen-bond acceptors (Lipinski definition) is 2. The molecule has 1 amide bonds. The molecular weight excluding hydrogens is 288 g/mol. The lowest BCUT2D eigenvalue weighted by molar-refractivity contribution is 0.0526. The van der Waals surface area contributed by atoms with Crippen molar-refractivity contribution < 1.29 is 9.90 Å². The van der Waals surface area contributed by atoms with Gasteiger partial charge in [0.1, 0.15) is 5.60 Å². The Morgan fingerprint density at radius 3 is 2.52 bits per heavy atom. The molecule has 0 fully saturated rings. The van der Waals surface area contributed by atoms with Gasteiger partial charge in [-0.05, 0) is 25.5 Å². The third kappa shape index (κ3) is 2.98. The number of rotatable bonds is 4. The lowest BCUT2D eigenvalue weighted by atomic mass is 9.96. The zero-order valence-corrected chi connectivity index (χ0v) is 13.3. The number of aromatic amines is 1. The molecule has 1 aromatic heterocycles. The Kier molecular flexibility index (Phi) is 3.92. The van der Waals surface area contributed by atoms with Gasteiger partial charge in [-0.3, -0.25) is 4.79 Å². The van der Waals surface area contributed by atoms with Gasteiger partial charge in [-0.25, -0.2) is 0 Å². The molecule has 2 aromatic carbocycles. The summed E-state index contributed by atoms with van der Waals surface area (Å²) < 4.78 is 0. The lowest BCUT2D eigenvalue weighted by Gasteiger charge is -2.24. The SMILES string of the molecule is Cc1[nH]c2ccccc2c1C(=O)NCC(C)(O)c1ccccc1. The third-order valence-electron chi connectivity index (χ3n) is 4.11. The molecule has 0 aliphatic heterocycles. The number of aromatic nitrogens is 1. The molecule has 0 aliphatic rings. The van der Waals surface area contributed by atoms with Crippen molar-refractivity contribution in [1.29, 1.82) is 0 Å². The predicted octanol–water partition coefficient (Wildman–Crippen LogP) is 3.11. The fourth-order valence-corrected chi connectivity index (χ4v) is 2.81. The van der Waals surface area contributed by atoms with Crippen molar-refractivity contribution in [1.82, 2.24) is 10.3 Å². The molecule has 0 radical (unpaired) electrons. The number of H-pyrrole nitrogens is 1. The van der Waals surface area contributed by atoms with Crippen molar-refractivity contribution in [3.8, 4) is 0 Å². The molecule has 0 saturated carbocycles.